The summed E-state index contributed by atoms with van der Waals surface area (Å²) in [6, 6.07) is 0. The van der Waals surface area contributed by atoms with Crippen LogP contribution in [0.1, 0.15) is 46.0 Å². The number of rotatable bonds is 3. The quantitative estimate of drug-likeness (QED) is 0.694. The van der Waals surface area contributed by atoms with E-state index in [4.69, 9.17) is 9.47 Å². The average molecular weight is 226 g/mol. The fourth-order valence-electron chi connectivity index (χ4n) is 3.29. The molecule has 0 aromatic heterocycles. The van der Waals surface area contributed by atoms with Gasteiger partial charge < -0.3 is 9.47 Å². The Morgan fingerprint density at radius 2 is 2.00 bits per heavy atom. The molecule has 2 fully saturated rings. The highest BCUT2D eigenvalue weighted by molar-refractivity contribution is 5.70. The van der Waals surface area contributed by atoms with Gasteiger partial charge in [-0.05, 0) is 38.5 Å². The van der Waals surface area contributed by atoms with E-state index in [9.17, 15) is 4.79 Å². The summed E-state index contributed by atoms with van der Waals surface area (Å²) in [6.45, 7) is 4.46. The molecule has 0 N–H and O–H groups in total. The van der Waals surface area contributed by atoms with E-state index >= 15 is 0 Å². The minimum atomic E-state index is -0.106. The van der Waals surface area contributed by atoms with E-state index in [0.29, 0.717) is 31.0 Å². The number of carbonyl (C=O) groups excluding carboxylic acids is 1. The van der Waals surface area contributed by atoms with Crippen molar-refractivity contribution in [2.45, 2.75) is 58.2 Å². The van der Waals surface area contributed by atoms with E-state index in [-0.39, 0.29) is 12.1 Å². The van der Waals surface area contributed by atoms with Crippen molar-refractivity contribution < 1.29 is 14.3 Å². The second kappa shape index (κ2) is 5.17. The molecule has 0 spiro atoms. The third kappa shape index (κ3) is 2.40. The van der Waals surface area contributed by atoms with E-state index in [2.05, 4.69) is 6.92 Å². The molecule has 1 saturated heterocycles. The molecule has 1 aliphatic carbocycles. The summed E-state index contributed by atoms with van der Waals surface area (Å²) in [4.78, 5) is 11.5. The summed E-state index contributed by atoms with van der Waals surface area (Å²) in [5.41, 5.74) is 0. The van der Waals surface area contributed by atoms with Crippen LogP contribution in [0.4, 0.5) is 0 Å². The number of ether oxygens (including phenoxy) is 2. The lowest BCUT2D eigenvalue weighted by Crippen LogP contribution is -2.27. The summed E-state index contributed by atoms with van der Waals surface area (Å²) in [6.07, 6.45) is 5.98. The number of hydrogen-bond donors (Lipinski definition) is 0. The van der Waals surface area contributed by atoms with Gasteiger partial charge in [0.1, 0.15) is 0 Å². The van der Waals surface area contributed by atoms with E-state index in [1.54, 1.807) is 0 Å². The van der Waals surface area contributed by atoms with Crippen LogP contribution in [0.5, 0.6) is 0 Å². The fourth-order valence-corrected chi connectivity index (χ4v) is 3.29. The lowest BCUT2D eigenvalue weighted by Gasteiger charge is -2.27. The maximum absolute atomic E-state index is 11.5. The average Bonchev–Trinajstić information content (AvgIpc) is 2.57. The molecule has 1 aliphatic heterocycles. The number of hydrogen-bond acceptors (Lipinski definition) is 3. The van der Waals surface area contributed by atoms with Gasteiger partial charge >= 0.3 is 5.97 Å². The minimum absolute atomic E-state index is 0.106. The van der Waals surface area contributed by atoms with Crippen molar-refractivity contribution in [3.63, 3.8) is 0 Å². The highest BCUT2D eigenvalue weighted by Crippen LogP contribution is 2.43. The van der Waals surface area contributed by atoms with Crippen LogP contribution in [0.25, 0.3) is 0 Å². The van der Waals surface area contributed by atoms with Crippen molar-refractivity contribution in [3.8, 4) is 0 Å². The zero-order valence-corrected chi connectivity index (χ0v) is 10.3. The zero-order chi connectivity index (χ0) is 11.5. The molecule has 3 nitrogen and oxygen atoms in total. The summed E-state index contributed by atoms with van der Waals surface area (Å²) >= 11 is 0. The van der Waals surface area contributed by atoms with E-state index in [1.165, 1.54) is 25.7 Å². The zero-order valence-electron chi connectivity index (χ0n) is 10.3. The van der Waals surface area contributed by atoms with Crippen LogP contribution in [0.2, 0.25) is 0 Å². The standard InChI is InChI=1S/C13H22O3/c1-3-15-13(14)8-12-11-7-5-4-6-10(11)9(2)16-12/h9-12H,3-8H2,1-2H3/t9-,10-,11-,12-/m1/s1. The van der Waals surface area contributed by atoms with Gasteiger partial charge in [0.2, 0.25) is 0 Å². The summed E-state index contributed by atoms with van der Waals surface area (Å²) in [5, 5.41) is 0. The van der Waals surface area contributed by atoms with Crippen molar-refractivity contribution >= 4 is 5.97 Å². The normalized spacial score (nSPS) is 38.1. The molecule has 0 aromatic carbocycles. The first-order chi connectivity index (χ1) is 7.72. The molecule has 1 saturated carbocycles. The molecule has 0 amide bonds. The Morgan fingerprint density at radius 3 is 2.69 bits per heavy atom. The summed E-state index contributed by atoms with van der Waals surface area (Å²) in [7, 11) is 0. The molecule has 1 heterocycles. The molecular weight excluding hydrogens is 204 g/mol. The van der Waals surface area contributed by atoms with E-state index in [1.807, 2.05) is 6.92 Å². The second-order valence-electron chi connectivity index (χ2n) is 5.00. The lowest BCUT2D eigenvalue weighted by atomic mass is 9.76. The first kappa shape index (κ1) is 11.9. The smallest absolute Gasteiger partial charge is 0.308 e. The van der Waals surface area contributed by atoms with Crippen molar-refractivity contribution in [2.75, 3.05) is 6.61 Å². The molecule has 4 atom stereocenters. The van der Waals surface area contributed by atoms with Crippen molar-refractivity contribution in [3.05, 3.63) is 0 Å². The Kier molecular flexibility index (Phi) is 3.85. The van der Waals surface area contributed by atoms with Crippen LogP contribution >= 0.6 is 0 Å². The maximum Gasteiger partial charge on any atom is 0.308 e. The van der Waals surface area contributed by atoms with Crippen molar-refractivity contribution in [2.24, 2.45) is 11.8 Å². The van der Waals surface area contributed by atoms with Gasteiger partial charge in [-0.3, -0.25) is 4.79 Å². The van der Waals surface area contributed by atoms with Crippen LogP contribution in [-0.2, 0) is 14.3 Å². The lowest BCUT2D eigenvalue weighted by molar-refractivity contribution is -0.146. The van der Waals surface area contributed by atoms with Crippen LogP contribution < -0.4 is 0 Å². The predicted molar refractivity (Wildman–Crippen MR) is 61.0 cm³/mol. The predicted octanol–water partition coefficient (Wildman–Crippen LogP) is 2.53. The van der Waals surface area contributed by atoms with Gasteiger partial charge in [0.25, 0.3) is 0 Å². The molecule has 2 aliphatic rings. The first-order valence-corrected chi connectivity index (χ1v) is 6.53. The molecule has 3 heteroatoms. The first-order valence-electron chi connectivity index (χ1n) is 6.53. The van der Waals surface area contributed by atoms with Gasteiger partial charge in [-0.25, -0.2) is 0 Å². The van der Waals surface area contributed by atoms with E-state index < -0.39 is 0 Å². The van der Waals surface area contributed by atoms with Gasteiger partial charge in [-0.1, -0.05) is 12.8 Å². The van der Waals surface area contributed by atoms with Gasteiger partial charge in [0.05, 0.1) is 25.2 Å². The third-order valence-corrected chi connectivity index (χ3v) is 4.02. The summed E-state index contributed by atoms with van der Waals surface area (Å²) in [5.74, 6) is 1.16. The largest absolute Gasteiger partial charge is 0.466 e. The number of fused-ring (bicyclic) bond motifs is 1. The molecule has 2 rings (SSSR count). The maximum atomic E-state index is 11.5. The number of carbonyl (C=O) groups is 1. The topological polar surface area (TPSA) is 35.5 Å². The van der Waals surface area contributed by atoms with E-state index in [0.717, 1.165) is 0 Å². The van der Waals surface area contributed by atoms with Gasteiger partial charge in [-0.2, -0.15) is 0 Å². The molecule has 0 aromatic rings. The Hall–Kier alpha value is -0.570. The Bertz CT molecular complexity index is 252. The SMILES string of the molecule is CCOC(=O)C[C@H]1O[C@H](C)[C@H]2CCCC[C@H]21. The Morgan fingerprint density at radius 1 is 1.31 bits per heavy atom. The highest BCUT2D eigenvalue weighted by Gasteiger charge is 2.43. The highest BCUT2D eigenvalue weighted by atomic mass is 16.5. The minimum Gasteiger partial charge on any atom is -0.466 e. The van der Waals surface area contributed by atoms with Crippen LogP contribution in [0.3, 0.4) is 0 Å². The third-order valence-electron chi connectivity index (χ3n) is 4.02. The molecule has 92 valence electrons. The molecule has 0 radical (unpaired) electrons. The van der Waals surface area contributed by atoms with Crippen LogP contribution in [0.15, 0.2) is 0 Å². The molecule has 0 unspecified atom stereocenters. The summed E-state index contributed by atoms with van der Waals surface area (Å²) < 4.78 is 10.9. The molecular formula is C13H22O3. The van der Waals surface area contributed by atoms with Crippen LogP contribution in [0, 0.1) is 11.8 Å². The monoisotopic (exact) mass is 226 g/mol. The Labute approximate surface area is 97.5 Å². The van der Waals surface area contributed by atoms with Crippen molar-refractivity contribution in [1.29, 1.82) is 0 Å². The molecule has 16 heavy (non-hydrogen) atoms. The van der Waals surface area contributed by atoms with Crippen molar-refractivity contribution in [1.82, 2.24) is 0 Å². The van der Waals surface area contributed by atoms with Gasteiger partial charge in [-0.15, -0.1) is 0 Å². The fraction of sp³-hybridized carbons (Fsp3) is 0.923. The second-order valence-corrected chi connectivity index (χ2v) is 5.00. The van der Waals surface area contributed by atoms with Gasteiger partial charge in [0.15, 0.2) is 0 Å². The number of esters is 1. The van der Waals surface area contributed by atoms with Crippen LogP contribution in [-0.4, -0.2) is 24.8 Å². The molecule has 0 bridgehead atoms. The van der Waals surface area contributed by atoms with Gasteiger partial charge in [0, 0.05) is 0 Å². The Balaban J connectivity index is 1.92.